The van der Waals surface area contributed by atoms with Gasteiger partial charge in [0, 0.05) is 5.54 Å². The summed E-state index contributed by atoms with van der Waals surface area (Å²) in [7, 11) is 1.55. The topological polar surface area (TPSA) is 35.2 Å². The van der Waals surface area contributed by atoms with Gasteiger partial charge in [-0.05, 0) is 31.4 Å². The molecule has 1 fully saturated rings. The van der Waals surface area contributed by atoms with Crippen LogP contribution >= 0.6 is 11.6 Å². The SMILES string of the molecule is COc1c(C)cc(Cl)c(F)c1C1(N)CCCCC1. The van der Waals surface area contributed by atoms with Gasteiger partial charge in [0.1, 0.15) is 5.75 Å². The summed E-state index contributed by atoms with van der Waals surface area (Å²) in [6.07, 6.45) is 4.75. The van der Waals surface area contributed by atoms with Gasteiger partial charge in [-0.25, -0.2) is 4.39 Å². The number of aryl methyl sites for hydroxylation is 1. The van der Waals surface area contributed by atoms with Gasteiger partial charge in [0.05, 0.1) is 17.7 Å². The van der Waals surface area contributed by atoms with Crippen LogP contribution in [0.3, 0.4) is 0 Å². The summed E-state index contributed by atoms with van der Waals surface area (Å²) in [6.45, 7) is 1.86. The number of nitrogens with two attached hydrogens (primary N) is 1. The van der Waals surface area contributed by atoms with E-state index in [9.17, 15) is 4.39 Å². The fourth-order valence-electron chi connectivity index (χ4n) is 2.88. The zero-order valence-corrected chi connectivity index (χ0v) is 11.6. The Morgan fingerprint density at radius 3 is 2.50 bits per heavy atom. The molecule has 2 rings (SSSR count). The lowest BCUT2D eigenvalue weighted by Crippen LogP contribution is -2.40. The van der Waals surface area contributed by atoms with Crippen molar-refractivity contribution in [2.75, 3.05) is 7.11 Å². The summed E-state index contributed by atoms with van der Waals surface area (Å²) in [6, 6.07) is 1.59. The minimum Gasteiger partial charge on any atom is -0.496 e. The van der Waals surface area contributed by atoms with Gasteiger partial charge < -0.3 is 10.5 Å². The first kappa shape index (κ1) is 13.6. The molecular formula is C14H19ClFNO. The summed E-state index contributed by atoms with van der Waals surface area (Å²) in [5, 5.41) is 0.124. The Kier molecular flexibility index (Phi) is 3.83. The van der Waals surface area contributed by atoms with Gasteiger partial charge in [-0.15, -0.1) is 0 Å². The van der Waals surface area contributed by atoms with Gasteiger partial charge in [0.15, 0.2) is 5.82 Å². The van der Waals surface area contributed by atoms with Crippen molar-refractivity contribution >= 4 is 11.6 Å². The maximum absolute atomic E-state index is 14.4. The molecule has 2 nitrogen and oxygen atoms in total. The van der Waals surface area contributed by atoms with Gasteiger partial charge in [-0.2, -0.15) is 0 Å². The minimum atomic E-state index is -0.649. The van der Waals surface area contributed by atoms with Crippen molar-refractivity contribution in [1.29, 1.82) is 0 Å². The molecule has 0 aromatic heterocycles. The van der Waals surface area contributed by atoms with Crippen LogP contribution in [0.1, 0.15) is 43.2 Å². The van der Waals surface area contributed by atoms with E-state index in [0.717, 1.165) is 37.7 Å². The monoisotopic (exact) mass is 271 g/mol. The first-order valence-electron chi connectivity index (χ1n) is 6.31. The molecule has 0 unspecified atom stereocenters. The van der Waals surface area contributed by atoms with Crippen molar-refractivity contribution in [3.05, 3.63) is 28.0 Å². The fourth-order valence-corrected chi connectivity index (χ4v) is 3.13. The van der Waals surface area contributed by atoms with E-state index in [1.54, 1.807) is 13.2 Å². The van der Waals surface area contributed by atoms with Crippen LogP contribution in [0.25, 0.3) is 0 Å². The van der Waals surface area contributed by atoms with Crippen LogP contribution in [-0.2, 0) is 5.54 Å². The highest BCUT2D eigenvalue weighted by molar-refractivity contribution is 6.31. The summed E-state index contributed by atoms with van der Waals surface area (Å²) in [4.78, 5) is 0. The third-order valence-corrected chi connectivity index (χ3v) is 4.08. The molecule has 1 aliphatic rings. The van der Waals surface area contributed by atoms with Gasteiger partial charge in [0.25, 0.3) is 0 Å². The number of ether oxygens (including phenoxy) is 1. The Hall–Kier alpha value is -0.800. The van der Waals surface area contributed by atoms with E-state index in [2.05, 4.69) is 0 Å². The molecule has 0 amide bonds. The van der Waals surface area contributed by atoms with Crippen LogP contribution in [0.2, 0.25) is 5.02 Å². The van der Waals surface area contributed by atoms with Crippen molar-refractivity contribution in [1.82, 2.24) is 0 Å². The average Bonchev–Trinajstić information content (AvgIpc) is 2.34. The van der Waals surface area contributed by atoms with Crippen LogP contribution < -0.4 is 10.5 Å². The number of rotatable bonds is 2. The third kappa shape index (κ3) is 2.21. The molecule has 1 saturated carbocycles. The molecule has 4 heteroatoms. The first-order chi connectivity index (χ1) is 8.49. The Labute approximate surface area is 112 Å². The van der Waals surface area contributed by atoms with Crippen molar-refractivity contribution in [3.8, 4) is 5.75 Å². The van der Waals surface area contributed by atoms with Gasteiger partial charge in [-0.1, -0.05) is 30.9 Å². The highest BCUT2D eigenvalue weighted by Gasteiger charge is 2.36. The zero-order valence-electron chi connectivity index (χ0n) is 10.9. The molecule has 0 aliphatic heterocycles. The van der Waals surface area contributed by atoms with Crippen LogP contribution in [0.4, 0.5) is 4.39 Å². The second-order valence-corrected chi connectivity index (χ2v) is 5.52. The lowest BCUT2D eigenvalue weighted by atomic mass is 9.76. The van der Waals surface area contributed by atoms with E-state index < -0.39 is 11.4 Å². The van der Waals surface area contributed by atoms with Gasteiger partial charge in [-0.3, -0.25) is 0 Å². The summed E-state index contributed by atoms with van der Waals surface area (Å²) >= 11 is 5.94. The van der Waals surface area contributed by atoms with Crippen molar-refractivity contribution in [3.63, 3.8) is 0 Å². The maximum Gasteiger partial charge on any atom is 0.150 e. The summed E-state index contributed by atoms with van der Waals surface area (Å²) in [5.74, 6) is 0.116. The largest absolute Gasteiger partial charge is 0.496 e. The van der Waals surface area contributed by atoms with Crippen molar-refractivity contribution < 1.29 is 9.13 Å². The van der Waals surface area contributed by atoms with E-state index in [0.29, 0.717) is 11.3 Å². The maximum atomic E-state index is 14.4. The number of benzene rings is 1. The number of hydrogen-bond acceptors (Lipinski definition) is 2. The molecular weight excluding hydrogens is 253 g/mol. The van der Waals surface area contributed by atoms with Gasteiger partial charge in [0.2, 0.25) is 0 Å². The first-order valence-corrected chi connectivity index (χ1v) is 6.69. The van der Waals surface area contributed by atoms with Crippen molar-refractivity contribution in [2.24, 2.45) is 5.73 Å². The molecule has 0 heterocycles. The standard InChI is InChI=1S/C14H19ClFNO/c1-9-8-10(15)12(16)11(13(9)18-2)14(17)6-4-3-5-7-14/h8H,3-7,17H2,1-2H3. The molecule has 1 aliphatic carbocycles. The normalized spacial score (nSPS) is 18.7. The van der Waals surface area contributed by atoms with Crippen LogP contribution in [0.15, 0.2) is 6.07 Å². The summed E-state index contributed by atoms with van der Waals surface area (Å²) in [5.41, 5.74) is 7.05. The molecule has 2 N–H and O–H groups in total. The van der Waals surface area contributed by atoms with E-state index in [1.807, 2.05) is 6.92 Å². The smallest absolute Gasteiger partial charge is 0.150 e. The Morgan fingerprint density at radius 1 is 1.33 bits per heavy atom. The average molecular weight is 272 g/mol. The second kappa shape index (κ2) is 5.06. The predicted molar refractivity (Wildman–Crippen MR) is 71.6 cm³/mol. The third-order valence-electron chi connectivity index (χ3n) is 3.81. The van der Waals surface area contributed by atoms with E-state index >= 15 is 0 Å². The highest BCUT2D eigenvalue weighted by atomic mass is 35.5. The quantitative estimate of drug-likeness (QED) is 0.885. The Bertz CT molecular complexity index is 456. The van der Waals surface area contributed by atoms with E-state index in [4.69, 9.17) is 22.1 Å². The molecule has 1 aromatic carbocycles. The lowest BCUT2D eigenvalue weighted by molar-refractivity contribution is 0.278. The Balaban J connectivity index is 2.60. The number of methoxy groups -OCH3 is 1. The van der Waals surface area contributed by atoms with Gasteiger partial charge >= 0.3 is 0 Å². The molecule has 0 atom stereocenters. The summed E-state index contributed by atoms with van der Waals surface area (Å²) < 4.78 is 19.7. The van der Waals surface area contributed by atoms with Crippen LogP contribution in [-0.4, -0.2) is 7.11 Å². The molecule has 1 aromatic rings. The second-order valence-electron chi connectivity index (χ2n) is 5.11. The van der Waals surface area contributed by atoms with Crippen LogP contribution in [0, 0.1) is 12.7 Å². The molecule has 0 bridgehead atoms. The van der Waals surface area contributed by atoms with Crippen molar-refractivity contribution in [2.45, 2.75) is 44.6 Å². The zero-order chi connectivity index (χ0) is 13.3. The predicted octanol–water partition coefficient (Wildman–Crippen LogP) is 3.91. The molecule has 0 spiro atoms. The lowest BCUT2D eigenvalue weighted by Gasteiger charge is -2.35. The van der Waals surface area contributed by atoms with E-state index in [1.165, 1.54) is 0 Å². The van der Waals surface area contributed by atoms with Crippen LogP contribution in [0.5, 0.6) is 5.75 Å². The number of hydrogen-bond donors (Lipinski definition) is 1. The molecule has 0 saturated heterocycles. The Morgan fingerprint density at radius 2 is 1.94 bits per heavy atom. The van der Waals surface area contributed by atoms with E-state index in [-0.39, 0.29) is 5.02 Å². The molecule has 18 heavy (non-hydrogen) atoms. The fraction of sp³-hybridized carbons (Fsp3) is 0.571. The minimum absolute atomic E-state index is 0.124. The molecule has 100 valence electrons. The highest BCUT2D eigenvalue weighted by Crippen LogP contribution is 2.43. The number of halogens is 2. The molecule has 0 radical (unpaired) electrons.